The molecule has 1 saturated heterocycles. The lowest BCUT2D eigenvalue weighted by Gasteiger charge is -2.24. The van der Waals surface area contributed by atoms with Gasteiger partial charge in [0.2, 0.25) is 5.91 Å². The van der Waals surface area contributed by atoms with Crippen LogP contribution in [0.5, 0.6) is 0 Å². The molecule has 1 aliphatic carbocycles. The zero-order valence-corrected chi connectivity index (χ0v) is 12.4. The van der Waals surface area contributed by atoms with Gasteiger partial charge in [0.15, 0.2) is 0 Å². The molecule has 1 amide bonds. The fourth-order valence-corrected chi connectivity index (χ4v) is 3.63. The predicted molar refractivity (Wildman–Crippen MR) is 78.9 cm³/mol. The van der Waals surface area contributed by atoms with Gasteiger partial charge >= 0.3 is 5.97 Å². The highest BCUT2D eigenvalue weighted by atomic mass is 16.5. The minimum atomic E-state index is -0.376. The quantitative estimate of drug-likeness (QED) is 0.801. The first-order valence-corrected chi connectivity index (χ1v) is 7.66. The smallest absolute Gasteiger partial charge is 0.328 e. The third-order valence-corrected chi connectivity index (χ3v) is 4.72. The average molecular weight is 287 g/mol. The van der Waals surface area contributed by atoms with Crippen molar-refractivity contribution in [1.29, 1.82) is 0 Å². The monoisotopic (exact) mass is 287 g/mol. The predicted octanol–water partition coefficient (Wildman–Crippen LogP) is 2.27. The van der Waals surface area contributed by atoms with Crippen molar-refractivity contribution in [3.63, 3.8) is 0 Å². The number of esters is 1. The van der Waals surface area contributed by atoms with E-state index in [1.165, 1.54) is 18.2 Å². The van der Waals surface area contributed by atoms with E-state index in [0.29, 0.717) is 18.9 Å². The topological polar surface area (TPSA) is 46.6 Å². The number of carbonyl (C=O) groups excluding carboxylic acids is 2. The number of nitrogens with zero attached hydrogens (tertiary/aromatic N) is 1. The molecule has 0 radical (unpaired) electrons. The molecule has 1 aromatic rings. The molecule has 0 bridgehead atoms. The van der Waals surface area contributed by atoms with Gasteiger partial charge in [-0.25, -0.2) is 4.79 Å². The second-order valence-corrected chi connectivity index (χ2v) is 5.91. The number of methoxy groups -OCH3 is 1. The van der Waals surface area contributed by atoms with Gasteiger partial charge in [0, 0.05) is 13.0 Å². The molecule has 3 rings (SSSR count). The van der Waals surface area contributed by atoms with Gasteiger partial charge in [0.1, 0.15) is 6.04 Å². The van der Waals surface area contributed by atoms with Crippen LogP contribution in [0.15, 0.2) is 24.3 Å². The third-order valence-electron chi connectivity index (χ3n) is 4.72. The lowest BCUT2D eigenvalue weighted by molar-refractivity contribution is -0.151. The maximum absolute atomic E-state index is 12.6. The van der Waals surface area contributed by atoms with E-state index >= 15 is 0 Å². The van der Waals surface area contributed by atoms with Crippen molar-refractivity contribution in [3.8, 4) is 0 Å². The summed E-state index contributed by atoms with van der Waals surface area (Å²) in [6.45, 7) is 0.674. The van der Waals surface area contributed by atoms with Gasteiger partial charge in [-0.3, -0.25) is 4.79 Å². The minimum absolute atomic E-state index is 0.0876. The normalized spacial score (nSPS) is 24.0. The van der Waals surface area contributed by atoms with Gasteiger partial charge in [-0.2, -0.15) is 0 Å². The SMILES string of the molecule is COC(=O)[C@@H]1CCCN1C(=O)CC1CCc2ccccc21. The highest BCUT2D eigenvalue weighted by Crippen LogP contribution is 2.36. The summed E-state index contributed by atoms with van der Waals surface area (Å²) < 4.78 is 4.81. The second kappa shape index (κ2) is 5.88. The summed E-state index contributed by atoms with van der Waals surface area (Å²) in [6.07, 6.45) is 4.19. The number of fused-ring (bicyclic) bond motifs is 1. The van der Waals surface area contributed by atoms with Gasteiger partial charge < -0.3 is 9.64 Å². The molecular formula is C17H21NO3. The lowest BCUT2D eigenvalue weighted by atomic mass is 9.97. The number of likely N-dealkylation sites (tertiary alicyclic amines) is 1. The van der Waals surface area contributed by atoms with Crippen LogP contribution in [0.25, 0.3) is 0 Å². The number of aryl methyl sites for hydroxylation is 1. The number of rotatable bonds is 3. The lowest BCUT2D eigenvalue weighted by Crippen LogP contribution is -2.41. The fourth-order valence-electron chi connectivity index (χ4n) is 3.63. The Bertz CT molecular complexity index is 555. The molecule has 4 heteroatoms. The summed E-state index contributed by atoms with van der Waals surface area (Å²) in [5.41, 5.74) is 2.67. The van der Waals surface area contributed by atoms with E-state index in [0.717, 1.165) is 25.7 Å². The molecule has 1 heterocycles. The molecular weight excluding hydrogens is 266 g/mol. The molecule has 2 atom stereocenters. The molecule has 1 aromatic carbocycles. The molecule has 1 aliphatic heterocycles. The fraction of sp³-hybridized carbons (Fsp3) is 0.529. The summed E-state index contributed by atoms with van der Waals surface area (Å²) in [4.78, 5) is 26.0. The maximum atomic E-state index is 12.6. The van der Waals surface area contributed by atoms with Crippen molar-refractivity contribution >= 4 is 11.9 Å². The molecule has 0 aromatic heterocycles. The van der Waals surface area contributed by atoms with Crippen LogP contribution in [0, 0.1) is 0 Å². The highest BCUT2D eigenvalue weighted by Gasteiger charge is 2.36. The zero-order chi connectivity index (χ0) is 14.8. The molecule has 2 aliphatic rings. The molecule has 0 spiro atoms. The third kappa shape index (κ3) is 2.67. The van der Waals surface area contributed by atoms with E-state index in [4.69, 9.17) is 4.74 Å². The Labute approximate surface area is 125 Å². The largest absolute Gasteiger partial charge is 0.467 e. The van der Waals surface area contributed by atoms with Crippen LogP contribution in [-0.4, -0.2) is 36.5 Å². The Kier molecular flexibility index (Phi) is 3.95. The number of carbonyl (C=O) groups is 2. The standard InChI is InChI=1S/C17H21NO3/c1-21-17(20)15-7-4-10-18(15)16(19)11-13-9-8-12-5-2-3-6-14(12)13/h2-3,5-6,13,15H,4,7-11H2,1H3/t13?,15-/m0/s1. The summed E-state index contributed by atoms with van der Waals surface area (Å²) in [5.74, 6) is 0.102. The van der Waals surface area contributed by atoms with E-state index < -0.39 is 0 Å². The molecule has 1 fully saturated rings. The Balaban J connectivity index is 1.68. The Hall–Kier alpha value is -1.84. The molecule has 4 nitrogen and oxygen atoms in total. The zero-order valence-electron chi connectivity index (χ0n) is 12.4. The molecule has 0 saturated carbocycles. The Morgan fingerprint density at radius 3 is 2.90 bits per heavy atom. The van der Waals surface area contributed by atoms with Gasteiger partial charge in [0.05, 0.1) is 7.11 Å². The van der Waals surface area contributed by atoms with Crippen LogP contribution >= 0.6 is 0 Å². The average Bonchev–Trinajstić information content (AvgIpc) is 3.14. The number of ether oxygens (including phenoxy) is 1. The van der Waals surface area contributed by atoms with E-state index in [2.05, 4.69) is 18.2 Å². The van der Waals surface area contributed by atoms with E-state index in [1.807, 2.05) is 6.07 Å². The number of hydrogen-bond donors (Lipinski definition) is 0. The van der Waals surface area contributed by atoms with Crippen LogP contribution in [0.1, 0.15) is 42.7 Å². The Morgan fingerprint density at radius 2 is 2.10 bits per heavy atom. The van der Waals surface area contributed by atoms with Crippen molar-refractivity contribution in [1.82, 2.24) is 4.90 Å². The van der Waals surface area contributed by atoms with Crippen molar-refractivity contribution in [2.75, 3.05) is 13.7 Å². The van der Waals surface area contributed by atoms with Crippen LogP contribution in [-0.2, 0) is 20.7 Å². The summed E-state index contributed by atoms with van der Waals surface area (Å²) in [5, 5.41) is 0. The van der Waals surface area contributed by atoms with Gasteiger partial charge in [0.25, 0.3) is 0 Å². The highest BCUT2D eigenvalue weighted by molar-refractivity contribution is 5.85. The second-order valence-electron chi connectivity index (χ2n) is 5.91. The maximum Gasteiger partial charge on any atom is 0.328 e. The van der Waals surface area contributed by atoms with Crippen molar-refractivity contribution in [3.05, 3.63) is 35.4 Å². The summed E-state index contributed by atoms with van der Waals surface area (Å²) in [6, 6.07) is 7.99. The summed E-state index contributed by atoms with van der Waals surface area (Å²) >= 11 is 0. The van der Waals surface area contributed by atoms with Crippen LogP contribution in [0.3, 0.4) is 0 Å². The first kappa shape index (κ1) is 14.1. The first-order valence-electron chi connectivity index (χ1n) is 7.66. The van der Waals surface area contributed by atoms with E-state index in [1.54, 1.807) is 4.90 Å². The molecule has 112 valence electrons. The van der Waals surface area contributed by atoms with Crippen LogP contribution in [0.4, 0.5) is 0 Å². The Morgan fingerprint density at radius 1 is 1.29 bits per heavy atom. The number of amides is 1. The van der Waals surface area contributed by atoms with Crippen molar-refractivity contribution in [2.45, 2.75) is 44.1 Å². The molecule has 1 unspecified atom stereocenters. The molecule has 21 heavy (non-hydrogen) atoms. The van der Waals surface area contributed by atoms with E-state index in [-0.39, 0.29) is 17.9 Å². The van der Waals surface area contributed by atoms with E-state index in [9.17, 15) is 9.59 Å². The van der Waals surface area contributed by atoms with Gasteiger partial charge in [-0.05, 0) is 42.7 Å². The van der Waals surface area contributed by atoms with Gasteiger partial charge in [-0.15, -0.1) is 0 Å². The van der Waals surface area contributed by atoms with Crippen molar-refractivity contribution in [2.24, 2.45) is 0 Å². The van der Waals surface area contributed by atoms with Crippen LogP contribution < -0.4 is 0 Å². The first-order chi connectivity index (χ1) is 10.2. The number of benzene rings is 1. The van der Waals surface area contributed by atoms with Crippen molar-refractivity contribution < 1.29 is 14.3 Å². The minimum Gasteiger partial charge on any atom is -0.467 e. The van der Waals surface area contributed by atoms with Gasteiger partial charge in [-0.1, -0.05) is 24.3 Å². The molecule has 0 N–H and O–H groups in total. The summed E-state index contributed by atoms with van der Waals surface area (Å²) in [7, 11) is 1.39. The van der Waals surface area contributed by atoms with Crippen LogP contribution in [0.2, 0.25) is 0 Å². The number of hydrogen-bond acceptors (Lipinski definition) is 3.